The molecule has 3 nitrogen and oxygen atoms in total. The molecule has 1 atom stereocenters. The predicted molar refractivity (Wildman–Crippen MR) is 63.4 cm³/mol. The monoisotopic (exact) mass is 225 g/mol. The molecule has 1 heterocycles. The molecule has 16 heavy (non-hydrogen) atoms. The molecule has 92 valence electrons. The molecule has 1 unspecified atom stereocenters. The number of hydrogen-bond acceptors (Lipinski definition) is 3. The minimum atomic E-state index is 0.457. The Morgan fingerprint density at radius 1 is 1.12 bits per heavy atom. The quantitative estimate of drug-likeness (QED) is 0.795. The van der Waals surface area contributed by atoms with Gasteiger partial charge in [-0.2, -0.15) is 0 Å². The number of ether oxygens (including phenoxy) is 1. The van der Waals surface area contributed by atoms with Crippen LogP contribution in [-0.2, 0) is 9.53 Å². The summed E-state index contributed by atoms with van der Waals surface area (Å²) in [6, 6.07) is 0.594. The number of carbonyl (C=O) groups excluding carboxylic acids is 1. The zero-order chi connectivity index (χ0) is 11.4. The molecule has 0 bridgehead atoms. The van der Waals surface area contributed by atoms with E-state index in [1.165, 1.54) is 12.8 Å². The molecule has 1 aliphatic heterocycles. The molecule has 0 aromatic rings. The Kier molecular flexibility index (Phi) is 4.36. The lowest BCUT2D eigenvalue weighted by molar-refractivity contribution is -0.121. The third-order valence-corrected chi connectivity index (χ3v) is 4.20. The number of ketones is 1. The third kappa shape index (κ3) is 2.83. The molecule has 1 saturated carbocycles. The van der Waals surface area contributed by atoms with Crippen molar-refractivity contribution in [3.63, 3.8) is 0 Å². The van der Waals surface area contributed by atoms with Crippen LogP contribution in [0.3, 0.4) is 0 Å². The van der Waals surface area contributed by atoms with Gasteiger partial charge in [0.2, 0.25) is 0 Å². The summed E-state index contributed by atoms with van der Waals surface area (Å²) in [6.45, 7) is 1.82. The van der Waals surface area contributed by atoms with Crippen LogP contribution in [0.15, 0.2) is 0 Å². The summed E-state index contributed by atoms with van der Waals surface area (Å²) >= 11 is 0. The first-order valence-electron chi connectivity index (χ1n) is 6.58. The van der Waals surface area contributed by atoms with E-state index in [1.807, 2.05) is 0 Å². The first-order valence-corrected chi connectivity index (χ1v) is 6.58. The Morgan fingerprint density at radius 3 is 2.25 bits per heavy atom. The van der Waals surface area contributed by atoms with Crippen molar-refractivity contribution in [2.45, 2.75) is 44.6 Å². The number of nitrogens with one attached hydrogen (secondary N) is 1. The van der Waals surface area contributed by atoms with Gasteiger partial charge in [0.15, 0.2) is 0 Å². The van der Waals surface area contributed by atoms with Crippen molar-refractivity contribution in [1.29, 1.82) is 0 Å². The first kappa shape index (κ1) is 12.1. The topological polar surface area (TPSA) is 38.3 Å². The number of hydrogen-bond donors (Lipinski definition) is 1. The highest BCUT2D eigenvalue weighted by Crippen LogP contribution is 2.31. The average molecular weight is 225 g/mol. The molecule has 0 aromatic carbocycles. The second-order valence-electron chi connectivity index (χ2n) is 5.14. The number of Topliss-reactive ketones (excluding diaryl/α,β-unsaturated/α-hetero) is 1. The summed E-state index contributed by atoms with van der Waals surface area (Å²) in [6.07, 6.45) is 6.12. The fourth-order valence-electron chi connectivity index (χ4n) is 3.25. The van der Waals surface area contributed by atoms with Crippen LogP contribution in [0.1, 0.15) is 38.5 Å². The van der Waals surface area contributed by atoms with Gasteiger partial charge in [-0.05, 0) is 44.6 Å². The highest BCUT2D eigenvalue weighted by atomic mass is 16.5. The molecule has 3 heteroatoms. The van der Waals surface area contributed by atoms with Gasteiger partial charge in [-0.15, -0.1) is 0 Å². The van der Waals surface area contributed by atoms with Crippen LogP contribution >= 0.6 is 0 Å². The normalized spacial score (nSPS) is 26.9. The van der Waals surface area contributed by atoms with Gasteiger partial charge < -0.3 is 10.1 Å². The Balaban J connectivity index is 1.90. The molecule has 2 aliphatic rings. The lowest BCUT2D eigenvalue weighted by atomic mass is 9.76. The summed E-state index contributed by atoms with van der Waals surface area (Å²) in [5, 5.41) is 3.49. The van der Waals surface area contributed by atoms with E-state index < -0.39 is 0 Å². The van der Waals surface area contributed by atoms with Gasteiger partial charge in [-0.25, -0.2) is 0 Å². The summed E-state index contributed by atoms with van der Waals surface area (Å²) in [5.41, 5.74) is 0. The third-order valence-electron chi connectivity index (χ3n) is 4.20. The molecule has 2 fully saturated rings. The van der Waals surface area contributed by atoms with Crippen molar-refractivity contribution in [2.75, 3.05) is 20.3 Å². The lowest BCUT2D eigenvalue weighted by Crippen LogP contribution is -2.43. The fourth-order valence-corrected chi connectivity index (χ4v) is 3.25. The van der Waals surface area contributed by atoms with Gasteiger partial charge in [-0.3, -0.25) is 4.79 Å². The van der Waals surface area contributed by atoms with Crippen LogP contribution in [0.4, 0.5) is 0 Å². The van der Waals surface area contributed by atoms with E-state index in [0.29, 0.717) is 17.7 Å². The molecule has 1 saturated heterocycles. The van der Waals surface area contributed by atoms with E-state index in [-0.39, 0.29) is 0 Å². The molecule has 2 rings (SSSR count). The Bertz CT molecular complexity index is 226. The Hall–Kier alpha value is -0.410. The number of rotatable bonds is 3. The fraction of sp³-hybridized carbons (Fsp3) is 0.923. The van der Waals surface area contributed by atoms with Crippen molar-refractivity contribution in [3.05, 3.63) is 0 Å². The molecule has 0 radical (unpaired) electrons. The summed E-state index contributed by atoms with van der Waals surface area (Å²) in [5.74, 6) is 1.90. The zero-order valence-electron chi connectivity index (χ0n) is 10.2. The smallest absolute Gasteiger partial charge is 0.132 e. The summed E-state index contributed by atoms with van der Waals surface area (Å²) in [4.78, 5) is 11.3. The Labute approximate surface area is 97.9 Å². The van der Waals surface area contributed by atoms with Crippen LogP contribution < -0.4 is 5.32 Å². The van der Waals surface area contributed by atoms with E-state index >= 15 is 0 Å². The molecule has 0 aromatic heterocycles. The lowest BCUT2D eigenvalue weighted by Gasteiger charge is -2.37. The number of carbonyl (C=O) groups is 1. The maximum Gasteiger partial charge on any atom is 0.132 e. The van der Waals surface area contributed by atoms with Crippen LogP contribution in [0, 0.1) is 11.8 Å². The van der Waals surface area contributed by atoms with Crippen molar-refractivity contribution in [2.24, 2.45) is 11.8 Å². The summed E-state index contributed by atoms with van der Waals surface area (Å²) < 4.78 is 5.42. The molecular formula is C13H23NO2. The maximum atomic E-state index is 11.3. The van der Waals surface area contributed by atoms with Gasteiger partial charge in [-0.1, -0.05) is 0 Å². The van der Waals surface area contributed by atoms with Crippen molar-refractivity contribution in [3.8, 4) is 0 Å². The van der Waals surface area contributed by atoms with Crippen LogP contribution in [0.5, 0.6) is 0 Å². The van der Waals surface area contributed by atoms with Gasteiger partial charge in [0.05, 0.1) is 0 Å². The summed E-state index contributed by atoms with van der Waals surface area (Å²) in [7, 11) is 2.07. The van der Waals surface area contributed by atoms with Gasteiger partial charge in [0.1, 0.15) is 5.78 Å². The van der Waals surface area contributed by atoms with E-state index in [4.69, 9.17) is 4.74 Å². The predicted octanol–water partition coefficient (Wildman–Crippen LogP) is 1.76. The zero-order valence-corrected chi connectivity index (χ0v) is 10.2. The van der Waals surface area contributed by atoms with E-state index in [9.17, 15) is 4.79 Å². The standard InChI is InChI=1S/C13H23NO2/c1-14-13(11-6-8-16-9-7-11)10-2-4-12(15)5-3-10/h10-11,13-14H,2-9H2,1H3. The average Bonchev–Trinajstić information content (AvgIpc) is 2.34. The van der Waals surface area contributed by atoms with Crippen LogP contribution in [0.25, 0.3) is 0 Å². The molecule has 0 spiro atoms. The maximum absolute atomic E-state index is 11.3. The molecule has 1 aliphatic carbocycles. The van der Waals surface area contributed by atoms with Gasteiger partial charge in [0, 0.05) is 32.1 Å². The highest BCUT2D eigenvalue weighted by molar-refractivity contribution is 5.79. The second-order valence-corrected chi connectivity index (χ2v) is 5.14. The molecule has 1 N–H and O–H groups in total. The van der Waals surface area contributed by atoms with E-state index in [2.05, 4.69) is 12.4 Å². The van der Waals surface area contributed by atoms with E-state index in [1.54, 1.807) is 0 Å². The van der Waals surface area contributed by atoms with Gasteiger partial charge in [0.25, 0.3) is 0 Å². The Morgan fingerprint density at radius 2 is 1.69 bits per heavy atom. The minimum absolute atomic E-state index is 0.457. The van der Waals surface area contributed by atoms with Gasteiger partial charge >= 0.3 is 0 Å². The largest absolute Gasteiger partial charge is 0.381 e. The minimum Gasteiger partial charge on any atom is -0.381 e. The SMILES string of the molecule is CNC(C1CCOCC1)C1CCC(=O)CC1. The highest BCUT2D eigenvalue weighted by Gasteiger charge is 2.31. The van der Waals surface area contributed by atoms with Crippen molar-refractivity contribution < 1.29 is 9.53 Å². The second kappa shape index (κ2) is 5.78. The first-order chi connectivity index (χ1) is 7.81. The van der Waals surface area contributed by atoms with Crippen molar-refractivity contribution >= 4 is 5.78 Å². The van der Waals surface area contributed by atoms with E-state index in [0.717, 1.165) is 44.8 Å². The van der Waals surface area contributed by atoms with Crippen LogP contribution in [0.2, 0.25) is 0 Å². The van der Waals surface area contributed by atoms with Crippen LogP contribution in [-0.4, -0.2) is 32.1 Å². The van der Waals surface area contributed by atoms with Crippen molar-refractivity contribution in [1.82, 2.24) is 5.32 Å². The molecule has 0 amide bonds. The molecular weight excluding hydrogens is 202 g/mol.